The number of hydrogen-bond acceptors (Lipinski definition) is 8. The molecule has 202 valence electrons. The standard InChI is InChI=1S/C24H32ClFN6O5/c1-14(26)16(28-21(33)36-23(2,3)4)10-15-11-17-19(29-20(25)30-32(17)12-15)31(13-18-27-8-9-35-18)22(34)37-24(5,6)7/h8-9,11-12,14,16H,10,13H2,1-7H3,(H,28,33)/t14-,16+/m0/s1. The number of oxazole rings is 1. The topological polar surface area (TPSA) is 124 Å². The minimum absolute atomic E-state index is 0.0875. The molecule has 0 saturated carbocycles. The highest BCUT2D eigenvalue weighted by molar-refractivity contribution is 6.28. The van der Waals surface area contributed by atoms with E-state index in [1.165, 1.54) is 28.8 Å². The molecule has 1 N–H and O–H groups in total. The lowest BCUT2D eigenvalue weighted by Gasteiger charge is -2.26. The van der Waals surface area contributed by atoms with Crippen LogP contribution in [0.2, 0.25) is 5.28 Å². The maximum absolute atomic E-state index is 14.4. The van der Waals surface area contributed by atoms with E-state index in [-0.39, 0.29) is 30.0 Å². The highest BCUT2D eigenvalue weighted by Gasteiger charge is 2.29. The molecule has 3 aromatic heterocycles. The molecule has 2 atom stereocenters. The molecule has 0 radical (unpaired) electrons. The van der Waals surface area contributed by atoms with Crippen LogP contribution in [0.4, 0.5) is 19.8 Å². The van der Waals surface area contributed by atoms with Crippen LogP contribution < -0.4 is 10.2 Å². The molecule has 0 saturated heterocycles. The summed E-state index contributed by atoms with van der Waals surface area (Å²) in [6.45, 7) is 11.6. The molecule has 37 heavy (non-hydrogen) atoms. The number of nitrogens with one attached hydrogen (secondary N) is 1. The van der Waals surface area contributed by atoms with Crippen LogP contribution in [0.5, 0.6) is 0 Å². The van der Waals surface area contributed by atoms with Gasteiger partial charge in [-0.25, -0.2) is 23.5 Å². The Kier molecular flexibility index (Phi) is 8.31. The molecule has 0 fully saturated rings. The normalized spacial score (nSPS) is 13.8. The third-order valence-electron chi connectivity index (χ3n) is 4.83. The quantitative estimate of drug-likeness (QED) is 0.440. The first-order valence-electron chi connectivity index (χ1n) is 11.7. The van der Waals surface area contributed by atoms with Gasteiger partial charge in [0.25, 0.3) is 0 Å². The van der Waals surface area contributed by atoms with Gasteiger partial charge in [0.1, 0.15) is 35.7 Å². The zero-order valence-electron chi connectivity index (χ0n) is 21.9. The number of halogens is 2. The second kappa shape index (κ2) is 10.9. The third kappa shape index (κ3) is 8.04. The van der Waals surface area contributed by atoms with E-state index in [0.717, 1.165) is 0 Å². The van der Waals surface area contributed by atoms with Crippen LogP contribution in [-0.2, 0) is 22.4 Å². The Bertz CT molecular complexity index is 1230. The van der Waals surface area contributed by atoms with Crippen LogP contribution in [0.1, 0.15) is 59.9 Å². The van der Waals surface area contributed by atoms with E-state index in [2.05, 4.69) is 20.4 Å². The fraction of sp³-hybridized carbons (Fsp3) is 0.542. The molecule has 11 nitrogen and oxygen atoms in total. The minimum atomic E-state index is -1.38. The van der Waals surface area contributed by atoms with E-state index in [1.807, 2.05) is 0 Å². The number of carbonyl (C=O) groups excluding carboxylic acids is 2. The Hall–Kier alpha value is -3.41. The predicted molar refractivity (Wildman–Crippen MR) is 134 cm³/mol. The van der Waals surface area contributed by atoms with Crippen LogP contribution in [0.3, 0.4) is 0 Å². The van der Waals surface area contributed by atoms with Crippen molar-refractivity contribution >= 4 is 35.1 Å². The largest absolute Gasteiger partial charge is 0.447 e. The van der Waals surface area contributed by atoms with Crippen molar-refractivity contribution < 1.29 is 27.9 Å². The minimum Gasteiger partial charge on any atom is -0.447 e. The molecule has 13 heteroatoms. The Balaban J connectivity index is 1.97. The second-order valence-electron chi connectivity index (χ2n) is 10.5. The molecule has 3 aromatic rings. The summed E-state index contributed by atoms with van der Waals surface area (Å²) < 4.78 is 32.0. The first-order valence-corrected chi connectivity index (χ1v) is 12.1. The first-order chi connectivity index (χ1) is 17.1. The fourth-order valence-electron chi connectivity index (χ4n) is 3.37. The highest BCUT2D eigenvalue weighted by Crippen LogP contribution is 2.27. The van der Waals surface area contributed by atoms with Gasteiger partial charge in [0.05, 0.1) is 12.2 Å². The van der Waals surface area contributed by atoms with Gasteiger partial charge in [-0.2, -0.15) is 4.98 Å². The lowest BCUT2D eigenvalue weighted by molar-refractivity contribution is 0.0476. The lowest BCUT2D eigenvalue weighted by atomic mass is 10.1. The van der Waals surface area contributed by atoms with E-state index in [4.69, 9.17) is 25.5 Å². The van der Waals surface area contributed by atoms with Crippen LogP contribution in [0.15, 0.2) is 29.1 Å². The number of nitrogens with zero attached hydrogens (tertiary/aromatic N) is 5. The van der Waals surface area contributed by atoms with Gasteiger partial charge in [-0.05, 0) is 78.1 Å². The molecule has 0 aliphatic heterocycles. The van der Waals surface area contributed by atoms with Crippen LogP contribution in [-0.4, -0.2) is 55.2 Å². The van der Waals surface area contributed by atoms with Crippen LogP contribution in [0.25, 0.3) is 5.52 Å². The summed E-state index contributed by atoms with van der Waals surface area (Å²) in [5.41, 5.74) is -0.499. The number of ether oxygens (including phenoxy) is 2. The average molecular weight is 539 g/mol. The first kappa shape index (κ1) is 28.2. The number of aromatic nitrogens is 4. The van der Waals surface area contributed by atoms with Crippen LogP contribution in [0, 0.1) is 0 Å². The van der Waals surface area contributed by atoms with Gasteiger partial charge in [-0.3, -0.25) is 4.90 Å². The van der Waals surface area contributed by atoms with Gasteiger partial charge >= 0.3 is 12.2 Å². The highest BCUT2D eigenvalue weighted by atomic mass is 35.5. The summed E-state index contributed by atoms with van der Waals surface area (Å²) >= 11 is 6.19. The number of carbonyl (C=O) groups is 2. The van der Waals surface area contributed by atoms with Gasteiger partial charge in [-0.1, -0.05) is 0 Å². The van der Waals surface area contributed by atoms with Crippen molar-refractivity contribution in [3.05, 3.63) is 41.5 Å². The summed E-state index contributed by atoms with van der Waals surface area (Å²) in [6, 6.07) is 0.804. The van der Waals surface area contributed by atoms with Gasteiger partial charge in [0.2, 0.25) is 11.2 Å². The molecule has 0 aliphatic carbocycles. The number of anilines is 1. The van der Waals surface area contributed by atoms with E-state index in [0.29, 0.717) is 11.1 Å². The zero-order chi connectivity index (χ0) is 27.5. The Morgan fingerprint density at radius 3 is 2.46 bits per heavy atom. The third-order valence-corrected chi connectivity index (χ3v) is 4.99. The molecule has 0 unspecified atom stereocenters. The second-order valence-corrected chi connectivity index (χ2v) is 10.8. The zero-order valence-corrected chi connectivity index (χ0v) is 22.7. The molecule has 0 aromatic carbocycles. The predicted octanol–water partition coefficient (Wildman–Crippen LogP) is 5.11. The summed E-state index contributed by atoms with van der Waals surface area (Å²) in [4.78, 5) is 35.0. The lowest BCUT2D eigenvalue weighted by Crippen LogP contribution is -2.44. The maximum Gasteiger partial charge on any atom is 0.416 e. The van der Waals surface area contributed by atoms with E-state index in [9.17, 15) is 14.0 Å². The van der Waals surface area contributed by atoms with Crippen molar-refractivity contribution in [2.45, 2.75) is 84.8 Å². The number of alkyl halides is 1. The van der Waals surface area contributed by atoms with Gasteiger partial charge in [0.15, 0.2) is 5.82 Å². The van der Waals surface area contributed by atoms with Crippen LogP contribution >= 0.6 is 11.6 Å². The molecule has 0 bridgehead atoms. The maximum atomic E-state index is 14.4. The smallest absolute Gasteiger partial charge is 0.416 e. The van der Waals surface area contributed by atoms with Crippen molar-refractivity contribution in [2.75, 3.05) is 4.90 Å². The molecule has 3 rings (SSSR count). The van der Waals surface area contributed by atoms with Crippen molar-refractivity contribution in [3.63, 3.8) is 0 Å². The fourth-order valence-corrected chi connectivity index (χ4v) is 3.53. The van der Waals surface area contributed by atoms with Crippen molar-refractivity contribution in [1.82, 2.24) is 24.9 Å². The molecule has 0 spiro atoms. The van der Waals surface area contributed by atoms with Crippen molar-refractivity contribution in [3.8, 4) is 0 Å². The number of alkyl carbamates (subject to hydrolysis) is 1. The van der Waals surface area contributed by atoms with E-state index in [1.54, 1.807) is 53.8 Å². The molecule has 3 heterocycles. The average Bonchev–Trinajstić information content (AvgIpc) is 3.37. The Labute approximate surface area is 219 Å². The number of fused-ring (bicyclic) bond motifs is 1. The summed E-state index contributed by atoms with van der Waals surface area (Å²) in [7, 11) is 0. The summed E-state index contributed by atoms with van der Waals surface area (Å²) in [5.74, 6) is 0.391. The number of hydrogen-bond donors (Lipinski definition) is 1. The van der Waals surface area contributed by atoms with E-state index < -0.39 is 35.6 Å². The monoisotopic (exact) mass is 538 g/mol. The van der Waals surface area contributed by atoms with Crippen molar-refractivity contribution in [1.29, 1.82) is 0 Å². The Morgan fingerprint density at radius 1 is 1.22 bits per heavy atom. The number of amides is 2. The van der Waals surface area contributed by atoms with Gasteiger partial charge < -0.3 is 19.2 Å². The molecular weight excluding hydrogens is 507 g/mol. The Morgan fingerprint density at radius 2 is 1.89 bits per heavy atom. The number of rotatable bonds is 7. The van der Waals surface area contributed by atoms with Gasteiger partial charge in [-0.15, -0.1) is 5.10 Å². The molecule has 0 aliphatic rings. The van der Waals surface area contributed by atoms with Gasteiger partial charge in [0, 0.05) is 6.20 Å². The molecular formula is C24H32ClFN6O5. The molecule has 2 amide bonds. The van der Waals surface area contributed by atoms with E-state index >= 15 is 0 Å². The SMILES string of the molecule is C[C@H](F)[C@@H](Cc1cc2c(N(Cc3ncco3)C(=O)OC(C)(C)C)nc(Cl)nn2c1)NC(=O)OC(C)(C)C. The summed E-state index contributed by atoms with van der Waals surface area (Å²) in [6.07, 6.45) is 1.77. The van der Waals surface area contributed by atoms with Crippen molar-refractivity contribution in [2.24, 2.45) is 0 Å². The summed E-state index contributed by atoms with van der Waals surface area (Å²) in [5, 5.41) is 6.62.